The fraction of sp³-hybridized carbons (Fsp3) is 0.933. The highest BCUT2D eigenvalue weighted by atomic mass is 16.3. The number of hydrogen-bond donors (Lipinski definition) is 1. The van der Waals surface area contributed by atoms with Crippen molar-refractivity contribution in [1.82, 2.24) is 0 Å². The van der Waals surface area contributed by atoms with Crippen molar-refractivity contribution in [2.75, 3.05) is 0 Å². The summed E-state index contributed by atoms with van der Waals surface area (Å²) in [5, 5.41) is 10.8. The molecule has 5 aliphatic rings. The van der Waals surface area contributed by atoms with Gasteiger partial charge >= 0.3 is 0 Å². The summed E-state index contributed by atoms with van der Waals surface area (Å²) in [7, 11) is 0. The van der Waals surface area contributed by atoms with Crippen LogP contribution < -0.4 is 0 Å². The van der Waals surface area contributed by atoms with E-state index in [4.69, 9.17) is 0 Å². The zero-order valence-electron chi connectivity index (χ0n) is 21.7. The molecule has 5 aliphatic carbocycles. The normalized spacial score (nSPS) is 52.9. The molecular formula is C30H50O. The fourth-order valence-corrected chi connectivity index (χ4v) is 11.1. The Morgan fingerprint density at radius 1 is 0.871 bits per heavy atom. The Bertz CT molecular complexity index is 760. The molecule has 0 aromatic rings. The third kappa shape index (κ3) is 2.71. The van der Waals surface area contributed by atoms with Gasteiger partial charge in [0.05, 0.1) is 6.10 Å². The van der Waals surface area contributed by atoms with Crippen LogP contribution in [-0.4, -0.2) is 11.2 Å². The molecule has 1 nitrogen and oxygen atoms in total. The Morgan fingerprint density at radius 3 is 2.26 bits per heavy atom. The van der Waals surface area contributed by atoms with Gasteiger partial charge in [-0.05, 0) is 135 Å². The smallest absolute Gasteiger partial charge is 0.0594 e. The number of rotatable bonds is 4. The van der Waals surface area contributed by atoms with Crippen molar-refractivity contribution in [2.45, 2.75) is 125 Å². The first-order chi connectivity index (χ1) is 14.4. The predicted molar refractivity (Wildman–Crippen MR) is 131 cm³/mol. The second-order valence-corrected chi connectivity index (χ2v) is 14.4. The highest BCUT2D eigenvalue weighted by molar-refractivity contribution is 5.30. The van der Waals surface area contributed by atoms with Crippen LogP contribution >= 0.6 is 0 Å². The minimum absolute atomic E-state index is 0.0840. The van der Waals surface area contributed by atoms with Crippen LogP contribution in [0.1, 0.15) is 119 Å². The Balaban J connectivity index is 1.41. The molecule has 1 N–H and O–H groups in total. The summed E-state index contributed by atoms with van der Waals surface area (Å²) < 4.78 is 0. The lowest BCUT2D eigenvalue weighted by Gasteiger charge is -2.63. The van der Waals surface area contributed by atoms with Gasteiger partial charge in [0.1, 0.15) is 0 Å². The summed E-state index contributed by atoms with van der Waals surface area (Å²) in [5.74, 6) is 3.46. The first-order valence-electron chi connectivity index (χ1n) is 13.8. The lowest BCUT2D eigenvalue weighted by atomic mass is 9.41. The minimum Gasteiger partial charge on any atom is -0.393 e. The maximum absolute atomic E-state index is 10.8. The second kappa shape index (κ2) is 6.86. The Hall–Kier alpha value is -0.300. The molecule has 0 aromatic carbocycles. The molecule has 0 saturated heterocycles. The Kier molecular flexibility index (Phi) is 4.98. The molecule has 5 saturated carbocycles. The van der Waals surface area contributed by atoms with Crippen LogP contribution in [0, 0.1) is 50.7 Å². The summed E-state index contributed by atoms with van der Waals surface area (Å²) in [4.78, 5) is 0. The van der Waals surface area contributed by atoms with Crippen molar-refractivity contribution in [2.24, 2.45) is 50.7 Å². The monoisotopic (exact) mass is 426 g/mol. The molecule has 176 valence electrons. The van der Waals surface area contributed by atoms with Crippen LogP contribution in [0.15, 0.2) is 11.6 Å². The third-order valence-electron chi connectivity index (χ3n) is 13.0. The van der Waals surface area contributed by atoms with Gasteiger partial charge in [-0.25, -0.2) is 0 Å². The molecule has 0 bridgehead atoms. The van der Waals surface area contributed by atoms with E-state index >= 15 is 0 Å². The van der Waals surface area contributed by atoms with Crippen LogP contribution in [0.25, 0.3) is 0 Å². The summed E-state index contributed by atoms with van der Waals surface area (Å²) >= 11 is 0. The maximum Gasteiger partial charge on any atom is 0.0594 e. The summed E-state index contributed by atoms with van der Waals surface area (Å²) in [6, 6.07) is 0. The van der Waals surface area contributed by atoms with Crippen molar-refractivity contribution in [3.05, 3.63) is 11.6 Å². The standard InChI is InChI=1S/C30H50O/c1-20(2)9-8-10-21(3)22-13-15-28(7)24-12-11-23-26(4,5)25(31)14-16-29(23)19-30(24,29)18-17-27(22,28)6/h9,21-25,31H,8,10-19H2,1-7H3/t21-,22-,23+,24+,25+,27-,28+,29-,30?/m1/s1. The van der Waals surface area contributed by atoms with Gasteiger partial charge in [-0.2, -0.15) is 0 Å². The average molecular weight is 427 g/mol. The quantitative estimate of drug-likeness (QED) is 0.449. The Morgan fingerprint density at radius 2 is 1.55 bits per heavy atom. The first-order valence-corrected chi connectivity index (χ1v) is 13.8. The van der Waals surface area contributed by atoms with Gasteiger partial charge in [0.15, 0.2) is 0 Å². The van der Waals surface area contributed by atoms with Crippen LogP contribution in [0.2, 0.25) is 0 Å². The molecule has 1 unspecified atom stereocenters. The molecule has 5 rings (SSSR count). The van der Waals surface area contributed by atoms with E-state index in [2.05, 4.69) is 54.5 Å². The van der Waals surface area contributed by atoms with Crippen molar-refractivity contribution in [3.8, 4) is 0 Å². The molecule has 0 amide bonds. The molecule has 0 aliphatic heterocycles. The van der Waals surface area contributed by atoms with Crippen molar-refractivity contribution in [3.63, 3.8) is 0 Å². The SMILES string of the molecule is CC(C)=CCC[C@@H](C)[C@H]1CC[C@@]2(C)[C@@H]3CC[C@H]4C(C)(C)[C@@H](O)CC[C@@]45CC35CC[C@]12C. The van der Waals surface area contributed by atoms with Gasteiger partial charge in [0.25, 0.3) is 0 Å². The lowest BCUT2D eigenvalue weighted by Crippen LogP contribution is -2.57. The van der Waals surface area contributed by atoms with Crippen LogP contribution in [0.3, 0.4) is 0 Å². The van der Waals surface area contributed by atoms with Crippen molar-refractivity contribution in [1.29, 1.82) is 0 Å². The largest absolute Gasteiger partial charge is 0.393 e. The van der Waals surface area contributed by atoms with E-state index in [1.165, 1.54) is 69.8 Å². The van der Waals surface area contributed by atoms with E-state index in [1.807, 2.05) is 0 Å². The molecule has 31 heavy (non-hydrogen) atoms. The predicted octanol–water partition coefficient (Wildman–Crippen LogP) is 8.17. The number of hydrogen-bond acceptors (Lipinski definition) is 1. The van der Waals surface area contributed by atoms with E-state index in [9.17, 15) is 5.11 Å². The summed E-state index contributed by atoms with van der Waals surface area (Å²) in [5.41, 5.74) is 3.87. The lowest BCUT2D eigenvalue weighted by molar-refractivity contribution is -0.161. The molecule has 0 heterocycles. The van der Waals surface area contributed by atoms with Gasteiger partial charge < -0.3 is 5.11 Å². The fourth-order valence-electron chi connectivity index (χ4n) is 11.1. The van der Waals surface area contributed by atoms with Crippen LogP contribution in [0.4, 0.5) is 0 Å². The average Bonchev–Trinajstić information content (AvgIpc) is 3.27. The summed E-state index contributed by atoms with van der Waals surface area (Å²) in [6.07, 6.45) is 17.6. The van der Waals surface area contributed by atoms with Gasteiger partial charge in [0, 0.05) is 0 Å². The minimum atomic E-state index is -0.0840. The first kappa shape index (κ1) is 22.5. The Labute approximate surface area is 192 Å². The third-order valence-corrected chi connectivity index (χ3v) is 13.0. The van der Waals surface area contributed by atoms with Crippen molar-refractivity contribution >= 4 is 0 Å². The zero-order chi connectivity index (χ0) is 22.4. The molecule has 0 aromatic heterocycles. The van der Waals surface area contributed by atoms with E-state index in [1.54, 1.807) is 0 Å². The van der Waals surface area contributed by atoms with Gasteiger partial charge in [-0.3, -0.25) is 0 Å². The number of aliphatic hydroxyl groups is 1. The molecule has 9 atom stereocenters. The molecule has 5 fully saturated rings. The molecular weight excluding hydrogens is 376 g/mol. The van der Waals surface area contributed by atoms with Crippen LogP contribution in [-0.2, 0) is 0 Å². The van der Waals surface area contributed by atoms with Crippen LogP contribution in [0.5, 0.6) is 0 Å². The molecule has 0 radical (unpaired) electrons. The maximum atomic E-state index is 10.8. The second-order valence-electron chi connectivity index (χ2n) is 14.4. The van der Waals surface area contributed by atoms with Gasteiger partial charge in [-0.1, -0.05) is 46.3 Å². The van der Waals surface area contributed by atoms with E-state index < -0.39 is 0 Å². The zero-order valence-corrected chi connectivity index (χ0v) is 21.7. The number of aliphatic hydroxyl groups excluding tert-OH is 1. The number of allylic oxidation sites excluding steroid dienone is 2. The van der Waals surface area contributed by atoms with E-state index in [0.717, 1.165) is 30.1 Å². The molecule has 2 spiro atoms. The summed E-state index contributed by atoms with van der Waals surface area (Å²) in [6.45, 7) is 17.3. The number of fused-ring (bicyclic) bond motifs is 2. The van der Waals surface area contributed by atoms with E-state index in [0.29, 0.717) is 21.7 Å². The molecule has 1 heteroatoms. The van der Waals surface area contributed by atoms with E-state index in [-0.39, 0.29) is 11.5 Å². The highest BCUT2D eigenvalue weighted by Crippen LogP contribution is 2.89. The van der Waals surface area contributed by atoms with Gasteiger partial charge in [0.2, 0.25) is 0 Å². The van der Waals surface area contributed by atoms with Gasteiger partial charge in [-0.15, -0.1) is 0 Å². The topological polar surface area (TPSA) is 20.2 Å². The highest BCUT2D eigenvalue weighted by Gasteiger charge is 2.82. The van der Waals surface area contributed by atoms with Crippen molar-refractivity contribution < 1.29 is 5.11 Å².